The highest BCUT2D eigenvalue weighted by Gasteiger charge is 2.52. The lowest BCUT2D eigenvalue weighted by molar-refractivity contribution is -0.125. The number of urea groups is 1. The number of amides is 3. The van der Waals surface area contributed by atoms with Gasteiger partial charge in [-0.1, -0.05) is 31.1 Å². The molecular weight excluding hydrogens is 360 g/mol. The number of rotatable bonds is 6. The van der Waals surface area contributed by atoms with Crippen LogP contribution in [-0.2, 0) is 23.3 Å². The lowest BCUT2D eigenvalue weighted by Gasteiger charge is -2.30. The van der Waals surface area contributed by atoms with Crippen molar-refractivity contribution < 1.29 is 18.8 Å². The number of imide groups is 1. The van der Waals surface area contributed by atoms with Crippen LogP contribution in [0.4, 0.5) is 4.79 Å². The fourth-order valence-corrected chi connectivity index (χ4v) is 3.74. The summed E-state index contributed by atoms with van der Waals surface area (Å²) < 4.78 is 10.8. The first-order valence-corrected chi connectivity index (χ1v) is 9.17. The zero-order valence-electron chi connectivity index (χ0n) is 15.9. The lowest BCUT2D eigenvalue weighted by atomic mass is 9.94. The van der Waals surface area contributed by atoms with Crippen molar-refractivity contribution in [2.24, 2.45) is 0 Å². The maximum absolute atomic E-state index is 12.8. The number of carbonyl (C=O) groups is 2. The Bertz CT molecular complexity index is 967. The molecule has 28 heavy (non-hydrogen) atoms. The molecule has 0 bridgehead atoms. The third-order valence-corrected chi connectivity index (χ3v) is 5.23. The van der Waals surface area contributed by atoms with E-state index in [4.69, 9.17) is 9.26 Å². The van der Waals surface area contributed by atoms with Crippen molar-refractivity contribution in [3.63, 3.8) is 0 Å². The van der Waals surface area contributed by atoms with E-state index in [0.29, 0.717) is 12.3 Å². The Balaban J connectivity index is 1.66. The molecule has 2 aromatic rings. The molecule has 1 fully saturated rings. The zero-order valence-corrected chi connectivity index (χ0v) is 15.9. The lowest BCUT2D eigenvalue weighted by Crippen LogP contribution is -2.51. The summed E-state index contributed by atoms with van der Waals surface area (Å²) in [5.41, 5.74) is 2.19. The van der Waals surface area contributed by atoms with Crippen LogP contribution in [0.15, 0.2) is 35.4 Å². The molecule has 8 nitrogen and oxygen atoms in total. The number of aromatic nitrogens is 1. The topological polar surface area (TPSA) is 96.7 Å². The van der Waals surface area contributed by atoms with Gasteiger partial charge in [-0.2, -0.15) is 0 Å². The Morgan fingerprint density at radius 3 is 2.86 bits per heavy atom. The van der Waals surface area contributed by atoms with Gasteiger partial charge in [0.25, 0.3) is 5.91 Å². The van der Waals surface area contributed by atoms with Gasteiger partial charge in [-0.25, -0.2) is 4.79 Å². The minimum atomic E-state index is -1.36. The SMILES string of the molecule is C=C1c2cc(OC)ccc2CN1C[C@@]1(c2cc(CCC)no2)NC(=O)NC1=O. The number of methoxy groups -OCH3 is 1. The highest BCUT2D eigenvalue weighted by atomic mass is 16.5. The number of nitrogens with zero attached hydrogens (tertiary/aromatic N) is 2. The Hall–Kier alpha value is -3.29. The Kier molecular flexibility index (Phi) is 4.33. The summed E-state index contributed by atoms with van der Waals surface area (Å²) in [7, 11) is 1.61. The molecule has 0 aliphatic carbocycles. The number of ether oxygens (including phenoxy) is 1. The number of fused-ring (bicyclic) bond motifs is 1. The summed E-state index contributed by atoms with van der Waals surface area (Å²) in [6, 6.07) is 6.98. The largest absolute Gasteiger partial charge is 0.497 e. The maximum atomic E-state index is 12.8. The number of benzene rings is 1. The molecule has 1 aromatic carbocycles. The van der Waals surface area contributed by atoms with Gasteiger partial charge in [0, 0.05) is 23.9 Å². The van der Waals surface area contributed by atoms with Gasteiger partial charge in [0.05, 0.1) is 19.3 Å². The van der Waals surface area contributed by atoms with E-state index in [9.17, 15) is 9.59 Å². The molecule has 2 aliphatic heterocycles. The maximum Gasteiger partial charge on any atom is 0.322 e. The van der Waals surface area contributed by atoms with Gasteiger partial charge in [-0.05, 0) is 24.1 Å². The Morgan fingerprint density at radius 1 is 1.36 bits per heavy atom. The number of carbonyl (C=O) groups excluding carboxylic acids is 2. The second kappa shape index (κ2) is 6.70. The van der Waals surface area contributed by atoms with Crippen LogP contribution in [0.3, 0.4) is 0 Å². The normalized spacial score (nSPS) is 20.9. The van der Waals surface area contributed by atoms with Crippen molar-refractivity contribution in [1.82, 2.24) is 20.7 Å². The van der Waals surface area contributed by atoms with Crippen molar-refractivity contribution >= 4 is 17.6 Å². The third kappa shape index (κ3) is 2.81. The first-order chi connectivity index (χ1) is 13.5. The monoisotopic (exact) mass is 382 g/mol. The molecule has 1 atom stereocenters. The van der Waals surface area contributed by atoms with Crippen molar-refractivity contribution in [1.29, 1.82) is 0 Å². The predicted molar refractivity (Wildman–Crippen MR) is 101 cm³/mol. The smallest absolute Gasteiger partial charge is 0.322 e. The fourth-order valence-electron chi connectivity index (χ4n) is 3.74. The van der Waals surface area contributed by atoms with Crippen LogP contribution >= 0.6 is 0 Å². The molecule has 1 aromatic heterocycles. The first-order valence-electron chi connectivity index (χ1n) is 9.17. The Labute approximate surface area is 162 Å². The van der Waals surface area contributed by atoms with Crippen molar-refractivity contribution in [3.8, 4) is 5.75 Å². The quantitative estimate of drug-likeness (QED) is 0.743. The molecule has 0 radical (unpaired) electrons. The molecule has 0 unspecified atom stereocenters. The van der Waals surface area contributed by atoms with Crippen LogP contribution in [0.2, 0.25) is 0 Å². The molecule has 3 amide bonds. The van der Waals surface area contributed by atoms with E-state index in [2.05, 4.69) is 22.4 Å². The molecule has 2 N–H and O–H groups in total. The molecule has 1 saturated heterocycles. The van der Waals surface area contributed by atoms with Crippen LogP contribution in [0.25, 0.3) is 5.70 Å². The number of nitrogens with one attached hydrogen (secondary N) is 2. The summed E-state index contributed by atoms with van der Waals surface area (Å²) in [4.78, 5) is 26.7. The van der Waals surface area contributed by atoms with Crippen molar-refractivity contribution in [2.45, 2.75) is 31.8 Å². The summed E-state index contributed by atoms with van der Waals surface area (Å²) in [5.74, 6) is 0.599. The van der Waals surface area contributed by atoms with Crippen LogP contribution < -0.4 is 15.4 Å². The zero-order chi connectivity index (χ0) is 19.9. The van der Waals surface area contributed by atoms with Crippen molar-refractivity contribution in [2.75, 3.05) is 13.7 Å². The molecule has 0 saturated carbocycles. The van der Waals surface area contributed by atoms with E-state index in [1.165, 1.54) is 0 Å². The molecule has 3 heterocycles. The summed E-state index contributed by atoms with van der Waals surface area (Å²) in [5, 5.41) is 9.11. The second-order valence-corrected chi connectivity index (χ2v) is 7.07. The average molecular weight is 382 g/mol. The summed E-state index contributed by atoms with van der Waals surface area (Å²) in [6.45, 7) is 6.96. The molecule has 8 heteroatoms. The van der Waals surface area contributed by atoms with Crippen LogP contribution in [0.1, 0.15) is 35.9 Å². The first kappa shape index (κ1) is 18.1. The highest BCUT2D eigenvalue weighted by molar-refractivity contribution is 6.07. The number of aryl methyl sites for hydroxylation is 1. The standard InChI is InChI=1S/C20H22N4O4/c1-4-5-14-8-17(28-23-14)20(18(25)21-19(26)22-20)11-24-10-13-6-7-15(27-3)9-16(13)12(24)2/h6-9H,2,4-5,10-11H2,1,3H3,(H2,21,22,25,26)/t20-/m0/s1. The van der Waals surface area contributed by atoms with Crippen LogP contribution in [-0.4, -0.2) is 35.6 Å². The van der Waals surface area contributed by atoms with E-state index in [-0.39, 0.29) is 6.54 Å². The van der Waals surface area contributed by atoms with E-state index in [1.54, 1.807) is 13.2 Å². The minimum absolute atomic E-state index is 0.182. The molecule has 146 valence electrons. The van der Waals surface area contributed by atoms with Gasteiger partial charge >= 0.3 is 6.03 Å². The van der Waals surface area contributed by atoms with Gasteiger partial charge in [0.1, 0.15) is 5.75 Å². The number of hydrogen-bond donors (Lipinski definition) is 2. The highest BCUT2D eigenvalue weighted by Crippen LogP contribution is 2.37. The van der Waals surface area contributed by atoms with Gasteiger partial charge < -0.3 is 19.5 Å². The third-order valence-electron chi connectivity index (χ3n) is 5.23. The van der Waals surface area contributed by atoms with Crippen LogP contribution in [0.5, 0.6) is 5.75 Å². The van der Waals surface area contributed by atoms with E-state index in [0.717, 1.165) is 41.1 Å². The average Bonchev–Trinajstić information content (AvgIpc) is 3.34. The van der Waals surface area contributed by atoms with Gasteiger partial charge in [-0.3, -0.25) is 10.1 Å². The predicted octanol–water partition coefficient (Wildman–Crippen LogP) is 2.16. The molecular formula is C20H22N4O4. The summed E-state index contributed by atoms with van der Waals surface area (Å²) >= 11 is 0. The van der Waals surface area contributed by atoms with Gasteiger partial charge in [0.2, 0.25) is 0 Å². The van der Waals surface area contributed by atoms with E-state index in [1.807, 2.05) is 30.0 Å². The minimum Gasteiger partial charge on any atom is -0.497 e. The van der Waals surface area contributed by atoms with Crippen LogP contribution in [0, 0.1) is 0 Å². The Morgan fingerprint density at radius 2 is 2.18 bits per heavy atom. The van der Waals surface area contributed by atoms with Gasteiger partial charge in [-0.15, -0.1) is 0 Å². The van der Waals surface area contributed by atoms with E-state index < -0.39 is 17.5 Å². The van der Waals surface area contributed by atoms with E-state index >= 15 is 0 Å². The van der Waals surface area contributed by atoms with Gasteiger partial charge in [0.15, 0.2) is 11.3 Å². The molecule has 2 aliphatic rings. The van der Waals surface area contributed by atoms with Crippen molar-refractivity contribution in [3.05, 3.63) is 53.4 Å². The second-order valence-electron chi connectivity index (χ2n) is 7.07. The number of hydrogen-bond acceptors (Lipinski definition) is 6. The fraction of sp³-hybridized carbons (Fsp3) is 0.350. The summed E-state index contributed by atoms with van der Waals surface area (Å²) in [6.07, 6.45) is 1.63. The molecule has 0 spiro atoms. The molecule has 4 rings (SSSR count).